The maximum Gasteiger partial charge on any atom is 0.175 e. The molecule has 0 radical (unpaired) electrons. The number of hydrogen-bond acceptors (Lipinski definition) is 5. The fraction of sp³-hybridized carbons (Fsp3) is 0.400. The molecule has 1 unspecified atom stereocenters. The van der Waals surface area contributed by atoms with E-state index in [0.29, 0.717) is 13.2 Å². The summed E-state index contributed by atoms with van der Waals surface area (Å²) in [6.07, 6.45) is 0.900. The molecule has 112 valence electrons. The van der Waals surface area contributed by atoms with E-state index in [9.17, 15) is 0 Å². The first kappa shape index (κ1) is 14.8. The van der Waals surface area contributed by atoms with Crippen molar-refractivity contribution in [2.45, 2.75) is 19.4 Å². The zero-order valence-corrected chi connectivity index (χ0v) is 14.4. The van der Waals surface area contributed by atoms with Crippen LogP contribution in [0.15, 0.2) is 22.0 Å². The van der Waals surface area contributed by atoms with Crippen molar-refractivity contribution >= 4 is 27.3 Å². The molecule has 0 saturated carbocycles. The molecule has 1 aromatic heterocycles. The van der Waals surface area contributed by atoms with Gasteiger partial charge >= 0.3 is 0 Å². The van der Waals surface area contributed by atoms with Crippen molar-refractivity contribution in [2.24, 2.45) is 0 Å². The number of hydrogen-bond donors (Lipinski definition) is 1. The predicted molar refractivity (Wildman–Crippen MR) is 88.3 cm³/mol. The molecule has 0 saturated heterocycles. The van der Waals surface area contributed by atoms with Gasteiger partial charge in [-0.05, 0) is 42.0 Å². The number of halogens is 1. The van der Waals surface area contributed by atoms with E-state index in [0.717, 1.165) is 38.7 Å². The fourth-order valence-electron chi connectivity index (χ4n) is 2.12. The third-order valence-corrected chi connectivity index (χ3v) is 4.95. The van der Waals surface area contributed by atoms with Crippen molar-refractivity contribution in [3.05, 3.63) is 27.7 Å². The average Bonchev–Trinajstić information content (AvgIpc) is 2.86. The quantitative estimate of drug-likeness (QED) is 0.888. The molecule has 0 spiro atoms. The average molecular weight is 369 g/mol. The third-order valence-electron chi connectivity index (χ3n) is 3.45. The van der Waals surface area contributed by atoms with E-state index >= 15 is 0 Å². The molecule has 1 N–H and O–H groups in total. The van der Waals surface area contributed by atoms with E-state index in [1.54, 1.807) is 11.3 Å². The Balaban J connectivity index is 1.97. The van der Waals surface area contributed by atoms with Crippen LogP contribution in [0.5, 0.6) is 11.5 Å². The largest absolute Gasteiger partial charge is 0.489 e. The maximum absolute atomic E-state index is 5.78. The van der Waals surface area contributed by atoms with E-state index in [1.165, 1.54) is 0 Å². The Morgan fingerprint density at radius 3 is 2.95 bits per heavy atom. The highest BCUT2D eigenvalue weighted by Crippen LogP contribution is 2.41. The molecule has 0 amide bonds. The van der Waals surface area contributed by atoms with Gasteiger partial charge in [0.1, 0.15) is 5.01 Å². The molecular weight excluding hydrogens is 352 g/mol. The number of nitrogens with one attached hydrogen (secondary N) is 1. The first-order valence-corrected chi connectivity index (χ1v) is 8.58. The van der Waals surface area contributed by atoms with Gasteiger partial charge in [-0.3, -0.25) is 0 Å². The van der Waals surface area contributed by atoms with E-state index in [1.807, 2.05) is 19.2 Å². The standard InChI is InChI=1S/C15H17BrN2O2S/c1-9(17-2)12-8-21-15(18-12)10-6-11(16)14-13(7-10)19-4-3-5-20-14/h6-9,17H,3-5H2,1-2H3. The van der Waals surface area contributed by atoms with E-state index < -0.39 is 0 Å². The van der Waals surface area contributed by atoms with Crippen molar-refractivity contribution in [2.75, 3.05) is 20.3 Å². The molecule has 2 aromatic rings. The van der Waals surface area contributed by atoms with Gasteiger partial charge in [-0.25, -0.2) is 4.98 Å². The second-order valence-electron chi connectivity index (χ2n) is 4.92. The number of ether oxygens (including phenoxy) is 2. The van der Waals surface area contributed by atoms with Crippen LogP contribution in [0.3, 0.4) is 0 Å². The Labute approximate surface area is 136 Å². The van der Waals surface area contributed by atoms with Crippen LogP contribution in [0.1, 0.15) is 25.1 Å². The van der Waals surface area contributed by atoms with E-state index in [2.05, 4.69) is 33.6 Å². The van der Waals surface area contributed by atoms with Crippen molar-refractivity contribution in [3.63, 3.8) is 0 Å². The molecule has 1 aliphatic rings. The Kier molecular flexibility index (Phi) is 4.47. The molecule has 0 aliphatic carbocycles. The lowest BCUT2D eigenvalue weighted by Crippen LogP contribution is -2.12. The van der Waals surface area contributed by atoms with Crippen LogP contribution in [-0.2, 0) is 0 Å². The monoisotopic (exact) mass is 368 g/mol. The van der Waals surface area contributed by atoms with Gasteiger partial charge < -0.3 is 14.8 Å². The van der Waals surface area contributed by atoms with Crippen molar-refractivity contribution < 1.29 is 9.47 Å². The number of fused-ring (bicyclic) bond motifs is 1. The van der Waals surface area contributed by atoms with Gasteiger partial charge in [-0.1, -0.05) is 0 Å². The molecule has 3 rings (SSSR count). The summed E-state index contributed by atoms with van der Waals surface area (Å²) in [5.74, 6) is 1.58. The number of rotatable bonds is 3. The molecule has 0 bridgehead atoms. The second-order valence-corrected chi connectivity index (χ2v) is 6.64. The smallest absolute Gasteiger partial charge is 0.175 e. The van der Waals surface area contributed by atoms with Crippen LogP contribution in [0.4, 0.5) is 0 Å². The van der Waals surface area contributed by atoms with Gasteiger partial charge in [0.25, 0.3) is 0 Å². The van der Waals surface area contributed by atoms with Crippen LogP contribution in [-0.4, -0.2) is 25.2 Å². The van der Waals surface area contributed by atoms with Gasteiger partial charge in [0, 0.05) is 23.4 Å². The second kappa shape index (κ2) is 6.34. The predicted octanol–water partition coefficient (Wildman–Crippen LogP) is 4.01. The van der Waals surface area contributed by atoms with Crippen molar-refractivity contribution in [1.82, 2.24) is 10.3 Å². The third kappa shape index (κ3) is 3.07. The van der Waals surface area contributed by atoms with E-state index in [4.69, 9.17) is 14.5 Å². The lowest BCUT2D eigenvalue weighted by Gasteiger charge is -2.11. The molecule has 1 aliphatic heterocycles. The van der Waals surface area contributed by atoms with Gasteiger partial charge in [0.15, 0.2) is 11.5 Å². The highest BCUT2D eigenvalue weighted by molar-refractivity contribution is 9.10. The van der Waals surface area contributed by atoms with E-state index in [-0.39, 0.29) is 6.04 Å². The highest BCUT2D eigenvalue weighted by Gasteiger charge is 2.17. The van der Waals surface area contributed by atoms with Gasteiger partial charge in [-0.2, -0.15) is 0 Å². The SMILES string of the molecule is CNC(C)c1csc(-c2cc(Br)c3c(c2)OCCCO3)n1. The number of aromatic nitrogens is 1. The number of benzene rings is 1. The Morgan fingerprint density at radius 2 is 2.14 bits per heavy atom. The molecule has 0 fully saturated rings. The minimum absolute atomic E-state index is 0.249. The number of thiazole rings is 1. The molecule has 1 aromatic carbocycles. The summed E-state index contributed by atoms with van der Waals surface area (Å²) in [4.78, 5) is 4.70. The first-order valence-electron chi connectivity index (χ1n) is 6.91. The maximum atomic E-state index is 5.78. The van der Waals surface area contributed by atoms with Gasteiger partial charge in [0.05, 0.1) is 23.4 Å². The Morgan fingerprint density at radius 1 is 1.33 bits per heavy atom. The highest BCUT2D eigenvalue weighted by atomic mass is 79.9. The normalized spacial score (nSPS) is 15.6. The molecule has 1 atom stereocenters. The zero-order chi connectivity index (χ0) is 14.8. The summed E-state index contributed by atoms with van der Waals surface area (Å²) < 4.78 is 12.4. The summed E-state index contributed by atoms with van der Waals surface area (Å²) in [6, 6.07) is 4.30. The van der Waals surface area contributed by atoms with Gasteiger partial charge in [0.2, 0.25) is 0 Å². The van der Waals surface area contributed by atoms with Gasteiger partial charge in [-0.15, -0.1) is 11.3 Å². The van der Waals surface area contributed by atoms with Crippen LogP contribution in [0.25, 0.3) is 10.6 Å². The topological polar surface area (TPSA) is 43.4 Å². The Bertz CT molecular complexity index is 645. The minimum atomic E-state index is 0.249. The van der Waals surface area contributed by atoms with Crippen LogP contribution >= 0.6 is 27.3 Å². The molecule has 4 nitrogen and oxygen atoms in total. The first-order chi connectivity index (χ1) is 10.2. The molecule has 2 heterocycles. The van der Waals surface area contributed by atoms with Crippen LogP contribution in [0, 0.1) is 0 Å². The summed E-state index contributed by atoms with van der Waals surface area (Å²) in [7, 11) is 1.94. The van der Waals surface area contributed by atoms with Crippen LogP contribution < -0.4 is 14.8 Å². The molecule has 6 heteroatoms. The minimum Gasteiger partial charge on any atom is -0.489 e. The zero-order valence-electron chi connectivity index (χ0n) is 12.0. The van der Waals surface area contributed by atoms with Crippen LogP contribution in [0.2, 0.25) is 0 Å². The summed E-state index contributed by atoms with van der Waals surface area (Å²) in [6.45, 7) is 3.47. The summed E-state index contributed by atoms with van der Waals surface area (Å²) in [5, 5.41) is 6.29. The summed E-state index contributed by atoms with van der Waals surface area (Å²) in [5.41, 5.74) is 2.10. The summed E-state index contributed by atoms with van der Waals surface area (Å²) >= 11 is 5.22. The lowest BCUT2D eigenvalue weighted by atomic mass is 10.2. The molecule has 21 heavy (non-hydrogen) atoms. The Hall–Kier alpha value is -1.11. The van der Waals surface area contributed by atoms with Crippen molar-refractivity contribution in [3.8, 4) is 22.1 Å². The molecular formula is C15H17BrN2O2S. The van der Waals surface area contributed by atoms with Crippen molar-refractivity contribution in [1.29, 1.82) is 0 Å². The lowest BCUT2D eigenvalue weighted by molar-refractivity contribution is 0.296. The number of nitrogens with zero attached hydrogens (tertiary/aromatic N) is 1. The fourth-order valence-corrected chi connectivity index (χ4v) is 3.58.